The highest BCUT2D eigenvalue weighted by Crippen LogP contribution is 2.23. The molecular weight excluding hydrogens is 244 g/mol. The molecule has 0 amide bonds. The molecule has 0 atom stereocenters. The van der Waals surface area contributed by atoms with Crippen LogP contribution in [0.25, 0.3) is 5.57 Å². The number of hydrogen-bond donors (Lipinski definition) is 0. The summed E-state index contributed by atoms with van der Waals surface area (Å²) in [6.07, 6.45) is 4.41. The summed E-state index contributed by atoms with van der Waals surface area (Å²) in [6.45, 7) is 2.10. The fourth-order valence-electron chi connectivity index (χ4n) is 2.15. The van der Waals surface area contributed by atoms with Crippen molar-refractivity contribution in [3.63, 3.8) is 0 Å². The fraction of sp³-hybridized carbons (Fsp3) is 0.211. The van der Waals surface area contributed by atoms with Crippen molar-refractivity contribution >= 4 is 11.4 Å². The molecule has 0 heterocycles. The SMILES string of the molecule is CCCCC(=O)C=C(c1ccccc1)c1ccccc1. The molecule has 0 aliphatic rings. The molecule has 2 aromatic rings. The largest absolute Gasteiger partial charge is 0.295 e. The highest BCUT2D eigenvalue weighted by atomic mass is 16.1. The Balaban J connectivity index is 2.35. The van der Waals surface area contributed by atoms with Crippen molar-refractivity contribution in [2.24, 2.45) is 0 Å². The van der Waals surface area contributed by atoms with Crippen molar-refractivity contribution in [3.8, 4) is 0 Å². The maximum atomic E-state index is 12.1. The summed E-state index contributed by atoms with van der Waals surface area (Å²) >= 11 is 0. The summed E-state index contributed by atoms with van der Waals surface area (Å²) in [6, 6.07) is 20.2. The molecule has 0 saturated carbocycles. The second kappa shape index (κ2) is 7.44. The summed E-state index contributed by atoms with van der Waals surface area (Å²) < 4.78 is 0. The van der Waals surface area contributed by atoms with Crippen LogP contribution in [0.2, 0.25) is 0 Å². The van der Waals surface area contributed by atoms with Crippen LogP contribution >= 0.6 is 0 Å². The average Bonchev–Trinajstić information content (AvgIpc) is 2.52. The maximum absolute atomic E-state index is 12.1. The minimum absolute atomic E-state index is 0.203. The van der Waals surface area contributed by atoms with Crippen molar-refractivity contribution in [1.29, 1.82) is 0 Å². The smallest absolute Gasteiger partial charge is 0.156 e. The van der Waals surface area contributed by atoms with E-state index in [0.29, 0.717) is 6.42 Å². The Hall–Kier alpha value is -2.15. The Morgan fingerprint density at radius 3 is 1.85 bits per heavy atom. The number of benzene rings is 2. The summed E-state index contributed by atoms with van der Waals surface area (Å²) in [4.78, 5) is 12.1. The molecule has 2 aromatic carbocycles. The Morgan fingerprint density at radius 2 is 1.40 bits per heavy atom. The molecule has 0 radical (unpaired) electrons. The maximum Gasteiger partial charge on any atom is 0.156 e. The van der Waals surface area contributed by atoms with Gasteiger partial charge in [-0.15, -0.1) is 0 Å². The van der Waals surface area contributed by atoms with Gasteiger partial charge in [-0.3, -0.25) is 4.79 Å². The van der Waals surface area contributed by atoms with Gasteiger partial charge in [0.15, 0.2) is 5.78 Å². The number of ketones is 1. The first-order valence-electron chi connectivity index (χ1n) is 7.16. The van der Waals surface area contributed by atoms with Crippen molar-refractivity contribution < 1.29 is 4.79 Å². The molecule has 1 heteroatoms. The Kier molecular flexibility index (Phi) is 5.31. The van der Waals surface area contributed by atoms with Gasteiger partial charge in [-0.05, 0) is 29.2 Å². The highest BCUT2D eigenvalue weighted by molar-refractivity contribution is 6.00. The van der Waals surface area contributed by atoms with Gasteiger partial charge in [0.25, 0.3) is 0 Å². The molecule has 0 fully saturated rings. The summed E-state index contributed by atoms with van der Waals surface area (Å²) in [5, 5.41) is 0. The molecule has 0 aromatic heterocycles. The van der Waals surface area contributed by atoms with Crippen LogP contribution in [0.15, 0.2) is 66.7 Å². The van der Waals surface area contributed by atoms with Gasteiger partial charge in [0.2, 0.25) is 0 Å². The molecule has 2 rings (SSSR count). The van der Waals surface area contributed by atoms with Crippen LogP contribution in [0.3, 0.4) is 0 Å². The molecule has 0 aliphatic heterocycles. The number of allylic oxidation sites excluding steroid dienone is 1. The van der Waals surface area contributed by atoms with Crippen LogP contribution < -0.4 is 0 Å². The lowest BCUT2D eigenvalue weighted by Gasteiger charge is -2.08. The van der Waals surface area contributed by atoms with E-state index in [1.54, 1.807) is 6.08 Å². The molecule has 0 bridgehead atoms. The number of unbranched alkanes of at least 4 members (excludes halogenated alkanes) is 1. The second-order valence-corrected chi connectivity index (χ2v) is 4.86. The van der Waals surface area contributed by atoms with Crippen LogP contribution in [0.1, 0.15) is 37.3 Å². The third kappa shape index (κ3) is 3.92. The van der Waals surface area contributed by atoms with E-state index in [-0.39, 0.29) is 5.78 Å². The lowest BCUT2D eigenvalue weighted by molar-refractivity contribution is -0.114. The van der Waals surface area contributed by atoms with Gasteiger partial charge in [-0.25, -0.2) is 0 Å². The van der Waals surface area contributed by atoms with E-state index >= 15 is 0 Å². The topological polar surface area (TPSA) is 17.1 Å². The van der Waals surface area contributed by atoms with Gasteiger partial charge in [0, 0.05) is 6.42 Å². The van der Waals surface area contributed by atoms with E-state index in [0.717, 1.165) is 29.5 Å². The van der Waals surface area contributed by atoms with Crippen LogP contribution in [-0.2, 0) is 4.79 Å². The zero-order chi connectivity index (χ0) is 14.2. The molecule has 0 saturated heterocycles. The van der Waals surface area contributed by atoms with Gasteiger partial charge in [0.05, 0.1) is 0 Å². The van der Waals surface area contributed by atoms with E-state index in [4.69, 9.17) is 0 Å². The lowest BCUT2D eigenvalue weighted by Crippen LogP contribution is -1.96. The van der Waals surface area contributed by atoms with Crippen LogP contribution in [0.4, 0.5) is 0 Å². The molecule has 102 valence electrons. The highest BCUT2D eigenvalue weighted by Gasteiger charge is 2.07. The average molecular weight is 264 g/mol. The van der Waals surface area contributed by atoms with Crippen LogP contribution in [0.5, 0.6) is 0 Å². The molecule has 1 nitrogen and oxygen atoms in total. The number of rotatable bonds is 6. The first-order chi connectivity index (χ1) is 9.81. The Bertz CT molecular complexity index is 526. The third-order valence-electron chi connectivity index (χ3n) is 3.25. The molecular formula is C19H20O. The van der Waals surface area contributed by atoms with Gasteiger partial charge < -0.3 is 0 Å². The normalized spacial score (nSPS) is 10.1. The summed E-state index contributed by atoms with van der Waals surface area (Å²) in [7, 11) is 0. The minimum Gasteiger partial charge on any atom is -0.295 e. The van der Waals surface area contributed by atoms with Crippen molar-refractivity contribution in [3.05, 3.63) is 77.9 Å². The van der Waals surface area contributed by atoms with Crippen LogP contribution in [-0.4, -0.2) is 5.78 Å². The van der Waals surface area contributed by atoms with E-state index < -0.39 is 0 Å². The van der Waals surface area contributed by atoms with E-state index in [1.165, 1.54) is 0 Å². The standard InChI is InChI=1S/C19H20O/c1-2-3-14-18(20)15-19(16-10-6-4-7-11-16)17-12-8-5-9-13-17/h4-13,15H,2-3,14H2,1H3. The number of carbonyl (C=O) groups is 1. The van der Waals surface area contributed by atoms with E-state index in [1.807, 2.05) is 60.7 Å². The predicted octanol–water partition coefficient (Wildman–Crippen LogP) is 4.88. The fourth-order valence-corrected chi connectivity index (χ4v) is 2.15. The Morgan fingerprint density at radius 1 is 0.900 bits per heavy atom. The number of hydrogen-bond acceptors (Lipinski definition) is 1. The zero-order valence-corrected chi connectivity index (χ0v) is 11.9. The number of carbonyl (C=O) groups excluding carboxylic acids is 1. The molecule has 0 aliphatic carbocycles. The first kappa shape index (κ1) is 14.3. The van der Waals surface area contributed by atoms with Gasteiger partial charge >= 0.3 is 0 Å². The molecule has 0 N–H and O–H groups in total. The van der Waals surface area contributed by atoms with E-state index in [2.05, 4.69) is 6.92 Å². The summed E-state index contributed by atoms with van der Waals surface area (Å²) in [5.41, 5.74) is 3.18. The van der Waals surface area contributed by atoms with E-state index in [9.17, 15) is 4.79 Å². The van der Waals surface area contributed by atoms with Gasteiger partial charge in [-0.2, -0.15) is 0 Å². The first-order valence-corrected chi connectivity index (χ1v) is 7.16. The predicted molar refractivity (Wildman–Crippen MR) is 84.5 cm³/mol. The monoisotopic (exact) mass is 264 g/mol. The van der Waals surface area contributed by atoms with Crippen molar-refractivity contribution in [2.75, 3.05) is 0 Å². The third-order valence-corrected chi connectivity index (χ3v) is 3.25. The molecule has 0 spiro atoms. The lowest BCUT2D eigenvalue weighted by atomic mass is 9.96. The minimum atomic E-state index is 0.203. The van der Waals surface area contributed by atoms with Crippen LogP contribution in [0, 0.1) is 0 Å². The van der Waals surface area contributed by atoms with Crippen molar-refractivity contribution in [2.45, 2.75) is 26.2 Å². The second-order valence-electron chi connectivity index (χ2n) is 4.86. The Labute approximate surface area is 121 Å². The zero-order valence-electron chi connectivity index (χ0n) is 11.9. The van der Waals surface area contributed by atoms with Gasteiger partial charge in [-0.1, -0.05) is 74.0 Å². The summed E-state index contributed by atoms with van der Waals surface area (Å²) in [5.74, 6) is 0.203. The quantitative estimate of drug-likeness (QED) is 0.680. The molecule has 20 heavy (non-hydrogen) atoms. The molecule has 0 unspecified atom stereocenters. The van der Waals surface area contributed by atoms with Crippen molar-refractivity contribution in [1.82, 2.24) is 0 Å². The van der Waals surface area contributed by atoms with Gasteiger partial charge in [0.1, 0.15) is 0 Å².